The second kappa shape index (κ2) is 8.44. The van der Waals surface area contributed by atoms with Gasteiger partial charge in [0.15, 0.2) is 18.2 Å². The van der Waals surface area contributed by atoms with Gasteiger partial charge in [0.1, 0.15) is 23.1 Å². The first-order valence-corrected chi connectivity index (χ1v) is 8.81. The minimum Gasteiger partial charge on any atom is -0.479 e. The first-order valence-electron chi connectivity index (χ1n) is 8.81. The number of rotatable bonds is 6. The van der Waals surface area contributed by atoms with Crippen LogP contribution in [0.3, 0.4) is 0 Å². The van der Waals surface area contributed by atoms with Gasteiger partial charge in [-0.25, -0.2) is 22.4 Å². The molecule has 3 rings (SSSR count). The molecule has 0 saturated carbocycles. The highest BCUT2D eigenvalue weighted by atomic mass is 19.1. The highest BCUT2D eigenvalue weighted by Gasteiger charge is 2.23. The van der Waals surface area contributed by atoms with E-state index < -0.39 is 47.3 Å². The van der Waals surface area contributed by atoms with Gasteiger partial charge < -0.3 is 14.7 Å². The van der Waals surface area contributed by atoms with Crippen LogP contribution < -0.4 is 9.64 Å². The smallest absolute Gasteiger partial charge is 0.341 e. The van der Waals surface area contributed by atoms with Gasteiger partial charge in [-0.3, -0.25) is 0 Å². The Hall–Kier alpha value is -3.55. The summed E-state index contributed by atoms with van der Waals surface area (Å²) in [5, 5.41) is 8.69. The van der Waals surface area contributed by atoms with E-state index in [-0.39, 0.29) is 11.3 Å². The highest BCUT2D eigenvalue weighted by molar-refractivity contribution is 5.75. The van der Waals surface area contributed by atoms with Crippen molar-refractivity contribution in [3.8, 4) is 16.9 Å². The maximum atomic E-state index is 14.9. The molecular weight excluding hydrogens is 402 g/mol. The van der Waals surface area contributed by atoms with Gasteiger partial charge in [-0.05, 0) is 60.0 Å². The van der Waals surface area contributed by atoms with Crippen molar-refractivity contribution in [2.45, 2.75) is 6.92 Å². The first-order chi connectivity index (χ1) is 14.2. The first kappa shape index (κ1) is 21.2. The molecule has 3 aromatic rings. The Kier molecular flexibility index (Phi) is 5.96. The summed E-state index contributed by atoms with van der Waals surface area (Å²) < 4.78 is 62.6. The van der Waals surface area contributed by atoms with Crippen LogP contribution in [0.2, 0.25) is 0 Å². The molecule has 0 aliphatic rings. The minimum atomic E-state index is -1.34. The second-order valence-corrected chi connectivity index (χ2v) is 6.59. The Labute approximate surface area is 169 Å². The molecule has 0 aromatic heterocycles. The van der Waals surface area contributed by atoms with E-state index in [4.69, 9.17) is 9.84 Å². The Morgan fingerprint density at radius 3 is 2.40 bits per heavy atom. The lowest BCUT2D eigenvalue weighted by atomic mass is 10.0. The SMILES string of the molecule is Cc1cc(-c2cccc(F)c2)cc(N(C)c2c(F)ccc(OCC(=O)O)c2F)c1F. The predicted octanol–water partition coefficient (Wildman–Crippen LogP) is 5.45. The van der Waals surface area contributed by atoms with Crippen LogP contribution in [0.1, 0.15) is 5.56 Å². The lowest BCUT2D eigenvalue weighted by Crippen LogP contribution is -2.17. The molecule has 0 spiro atoms. The van der Waals surface area contributed by atoms with Crippen molar-refractivity contribution in [2.24, 2.45) is 0 Å². The van der Waals surface area contributed by atoms with Crippen LogP contribution in [0.15, 0.2) is 48.5 Å². The van der Waals surface area contributed by atoms with Gasteiger partial charge in [0.25, 0.3) is 0 Å². The number of carboxylic acid groups (broad SMARTS) is 1. The number of ether oxygens (including phenoxy) is 1. The lowest BCUT2D eigenvalue weighted by molar-refractivity contribution is -0.139. The maximum absolute atomic E-state index is 14.9. The molecule has 0 fully saturated rings. The van der Waals surface area contributed by atoms with E-state index in [1.54, 1.807) is 6.07 Å². The topological polar surface area (TPSA) is 49.8 Å². The molecule has 0 amide bonds. The predicted molar refractivity (Wildman–Crippen MR) is 104 cm³/mol. The zero-order valence-electron chi connectivity index (χ0n) is 16.0. The molecule has 0 saturated heterocycles. The average molecular weight is 419 g/mol. The number of hydrogen-bond donors (Lipinski definition) is 1. The molecule has 30 heavy (non-hydrogen) atoms. The van der Waals surface area contributed by atoms with E-state index in [2.05, 4.69) is 0 Å². The van der Waals surface area contributed by atoms with Gasteiger partial charge in [-0.1, -0.05) is 12.1 Å². The number of anilines is 2. The maximum Gasteiger partial charge on any atom is 0.341 e. The summed E-state index contributed by atoms with van der Waals surface area (Å²) in [6, 6.07) is 10.3. The third-order valence-electron chi connectivity index (χ3n) is 4.47. The van der Waals surface area contributed by atoms with E-state index in [0.29, 0.717) is 11.1 Å². The monoisotopic (exact) mass is 419 g/mol. The zero-order chi connectivity index (χ0) is 22.0. The lowest BCUT2D eigenvalue weighted by Gasteiger charge is -2.24. The Balaban J connectivity index is 2.10. The molecule has 4 nitrogen and oxygen atoms in total. The molecule has 1 N–H and O–H groups in total. The Morgan fingerprint density at radius 2 is 1.73 bits per heavy atom. The number of aryl methyl sites for hydroxylation is 1. The highest BCUT2D eigenvalue weighted by Crippen LogP contribution is 2.38. The normalized spacial score (nSPS) is 10.7. The van der Waals surface area contributed by atoms with Crippen LogP contribution >= 0.6 is 0 Å². The third-order valence-corrected chi connectivity index (χ3v) is 4.47. The van der Waals surface area contributed by atoms with Crippen molar-refractivity contribution in [1.82, 2.24) is 0 Å². The molecule has 0 heterocycles. The zero-order valence-corrected chi connectivity index (χ0v) is 16.0. The third kappa shape index (κ3) is 4.22. The Morgan fingerprint density at radius 1 is 1.00 bits per heavy atom. The van der Waals surface area contributed by atoms with Crippen LogP contribution in [0.5, 0.6) is 5.75 Å². The van der Waals surface area contributed by atoms with Gasteiger partial charge in [-0.2, -0.15) is 0 Å². The number of carboxylic acids is 1. The minimum absolute atomic E-state index is 0.151. The van der Waals surface area contributed by atoms with E-state index in [1.807, 2.05) is 0 Å². The van der Waals surface area contributed by atoms with Crippen molar-refractivity contribution in [3.05, 3.63) is 77.4 Å². The molecule has 0 radical (unpaired) electrons. The molecular formula is C22H17F4NO3. The number of carbonyl (C=O) groups is 1. The second-order valence-electron chi connectivity index (χ2n) is 6.59. The van der Waals surface area contributed by atoms with Crippen molar-refractivity contribution < 1.29 is 32.2 Å². The van der Waals surface area contributed by atoms with E-state index in [9.17, 15) is 22.4 Å². The molecule has 8 heteroatoms. The molecule has 0 atom stereocenters. The van der Waals surface area contributed by atoms with Crippen LogP contribution in [0.25, 0.3) is 11.1 Å². The van der Waals surface area contributed by atoms with Crippen molar-refractivity contribution >= 4 is 17.3 Å². The average Bonchev–Trinajstić information content (AvgIpc) is 2.69. The summed E-state index contributed by atoms with van der Waals surface area (Å²) in [6.07, 6.45) is 0. The molecule has 0 aliphatic heterocycles. The van der Waals surface area contributed by atoms with Crippen molar-refractivity contribution in [1.29, 1.82) is 0 Å². The summed E-state index contributed by atoms with van der Waals surface area (Å²) in [7, 11) is 1.26. The molecule has 0 aliphatic carbocycles. The van der Waals surface area contributed by atoms with E-state index in [0.717, 1.165) is 17.0 Å². The van der Waals surface area contributed by atoms with Crippen molar-refractivity contribution in [3.63, 3.8) is 0 Å². The van der Waals surface area contributed by atoms with Crippen LogP contribution in [0.4, 0.5) is 28.9 Å². The Bertz CT molecular complexity index is 1120. The summed E-state index contributed by atoms with van der Waals surface area (Å²) in [6.45, 7) is 0.656. The van der Waals surface area contributed by atoms with Crippen LogP contribution in [-0.2, 0) is 4.79 Å². The standard InChI is InChI=1S/C22H17F4NO3/c1-12-8-14(13-4-3-5-15(23)9-13)10-17(20(12)25)27(2)22-16(24)6-7-18(21(22)26)30-11-19(28)29/h3-10H,11H2,1-2H3,(H,28,29). The summed E-state index contributed by atoms with van der Waals surface area (Å²) in [4.78, 5) is 11.6. The van der Waals surface area contributed by atoms with Crippen molar-refractivity contribution in [2.75, 3.05) is 18.6 Å². The van der Waals surface area contributed by atoms with Gasteiger partial charge in [0, 0.05) is 7.05 Å². The molecule has 0 bridgehead atoms. The summed E-state index contributed by atoms with van der Waals surface area (Å²) >= 11 is 0. The van der Waals surface area contributed by atoms with Gasteiger partial charge in [-0.15, -0.1) is 0 Å². The number of hydrogen-bond acceptors (Lipinski definition) is 3. The number of halogens is 4. The van der Waals surface area contributed by atoms with E-state index >= 15 is 0 Å². The van der Waals surface area contributed by atoms with Gasteiger partial charge in [0.05, 0.1) is 5.69 Å². The fraction of sp³-hybridized carbons (Fsp3) is 0.136. The van der Waals surface area contributed by atoms with E-state index in [1.165, 1.54) is 44.3 Å². The fourth-order valence-electron chi connectivity index (χ4n) is 3.03. The van der Waals surface area contributed by atoms with Crippen LogP contribution in [0, 0.1) is 30.2 Å². The van der Waals surface area contributed by atoms with Gasteiger partial charge >= 0.3 is 5.97 Å². The largest absolute Gasteiger partial charge is 0.479 e. The fourth-order valence-corrected chi connectivity index (χ4v) is 3.03. The molecule has 3 aromatic carbocycles. The summed E-state index contributed by atoms with van der Waals surface area (Å²) in [5.74, 6) is -5.19. The number of benzene rings is 3. The number of aliphatic carboxylic acids is 1. The quantitative estimate of drug-likeness (QED) is 0.540. The number of nitrogens with zero attached hydrogens (tertiary/aromatic N) is 1. The summed E-state index contributed by atoms with van der Waals surface area (Å²) in [5.41, 5.74) is 0.342. The van der Waals surface area contributed by atoms with Crippen LogP contribution in [-0.4, -0.2) is 24.7 Å². The molecule has 0 unspecified atom stereocenters. The molecule has 156 valence electrons. The van der Waals surface area contributed by atoms with Gasteiger partial charge in [0.2, 0.25) is 0 Å².